The third kappa shape index (κ3) is 4.35. The minimum absolute atomic E-state index is 0.122. The molecule has 2 rings (SSSR count). The zero-order chi connectivity index (χ0) is 14.4. The second kappa shape index (κ2) is 7.45. The molecule has 112 valence electrons. The first kappa shape index (κ1) is 15.1. The third-order valence-electron chi connectivity index (χ3n) is 3.53. The van der Waals surface area contributed by atoms with E-state index < -0.39 is 0 Å². The summed E-state index contributed by atoms with van der Waals surface area (Å²) in [5, 5.41) is 2.98. The molecule has 0 unspecified atom stereocenters. The highest BCUT2D eigenvalue weighted by Gasteiger charge is 2.17. The van der Waals surface area contributed by atoms with E-state index in [2.05, 4.69) is 10.2 Å². The van der Waals surface area contributed by atoms with Crippen molar-refractivity contribution < 1.29 is 13.9 Å². The fraction of sp³-hybridized carbons (Fsp3) is 0.667. The molecule has 0 aromatic carbocycles. The van der Waals surface area contributed by atoms with Crippen molar-refractivity contribution in [2.24, 2.45) is 0 Å². The number of piperidine rings is 1. The van der Waals surface area contributed by atoms with Gasteiger partial charge in [-0.05, 0) is 45.0 Å². The maximum atomic E-state index is 12.1. The largest absolute Gasteiger partial charge is 0.453 e. The summed E-state index contributed by atoms with van der Waals surface area (Å²) < 4.78 is 10.4. The molecule has 1 aliphatic heterocycles. The monoisotopic (exact) mass is 280 g/mol. The van der Waals surface area contributed by atoms with Crippen LogP contribution >= 0.6 is 0 Å². The number of rotatable bonds is 6. The van der Waals surface area contributed by atoms with Gasteiger partial charge in [-0.2, -0.15) is 0 Å². The quantitative estimate of drug-likeness (QED) is 0.866. The van der Waals surface area contributed by atoms with Gasteiger partial charge in [0.25, 0.3) is 5.91 Å². The van der Waals surface area contributed by atoms with Gasteiger partial charge >= 0.3 is 0 Å². The lowest BCUT2D eigenvalue weighted by molar-refractivity contribution is 0.0889. The Kier molecular flexibility index (Phi) is 5.61. The van der Waals surface area contributed by atoms with E-state index in [9.17, 15) is 4.79 Å². The Hall–Kier alpha value is -1.33. The first-order chi connectivity index (χ1) is 9.69. The lowest BCUT2D eigenvalue weighted by Crippen LogP contribution is -2.43. The molecule has 0 spiro atoms. The minimum Gasteiger partial charge on any atom is -0.453 e. The van der Waals surface area contributed by atoms with Crippen LogP contribution in [0.25, 0.3) is 0 Å². The van der Waals surface area contributed by atoms with Crippen molar-refractivity contribution in [3.8, 4) is 0 Å². The molecule has 1 amide bonds. The number of carbonyl (C=O) groups excluding carboxylic acids is 1. The summed E-state index contributed by atoms with van der Waals surface area (Å²) in [5.74, 6) is 0.862. The number of ether oxygens (including phenoxy) is 1. The Morgan fingerprint density at radius 2 is 2.15 bits per heavy atom. The molecule has 0 saturated carbocycles. The van der Waals surface area contributed by atoms with Gasteiger partial charge < -0.3 is 19.4 Å². The van der Waals surface area contributed by atoms with Crippen LogP contribution < -0.4 is 5.32 Å². The number of nitrogens with zero attached hydrogens (tertiary/aromatic N) is 1. The van der Waals surface area contributed by atoms with Crippen molar-refractivity contribution in [3.05, 3.63) is 23.7 Å². The molecule has 0 aliphatic carbocycles. The number of carbonyl (C=O) groups is 1. The van der Waals surface area contributed by atoms with Crippen molar-refractivity contribution in [1.29, 1.82) is 0 Å². The lowest BCUT2D eigenvalue weighted by atomic mass is 10.1. The number of hydrogen-bond donors (Lipinski definition) is 1. The summed E-state index contributed by atoms with van der Waals surface area (Å²) in [5.41, 5.74) is 0. The van der Waals surface area contributed by atoms with Gasteiger partial charge in [0.2, 0.25) is 0 Å². The van der Waals surface area contributed by atoms with Crippen LogP contribution in [0.1, 0.15) is 42.5 Å². The van der Waals surface area contributed by atoms with E-state index in [0.29, 0.717) is 18.1 Å². The third-order valence-corrected chi connectivity index (χ3v) is 3.53. The van der Waals surface area contributed by atoms with Gasteiger partial charge in [0, 0.05) is 19.7 Å². The van der Waals surface area contributed by atoms with Crippen molar-refractivity contribution in [1.82, 2.24) is 10.2 Å². The molecule has 2 heterocycles. The molecule has 1 atom stereocenters. The van der Waals surface area contributed by atoms with Crippen LogP contribution in [0.15, 0.2) is 16.5 Å². The van der Waals surface area contributed by atoms with Crippen molar-refractivity contribution >= 4 is 5.91 Å². The fourth-order valence-corrected chi connectivity index (χ4v) is 2.59. The van der Waals surface area contributed by atoms with E-state index in [1.165, 1.54) is 19.3 Å². The predicted octanol–water partition coefficient (Wildman–Crippen LogP) is 2.03. The molecule has 20 heavy (non-hydrogen) atoms. The van der Waals surface area contributed by atoms with Crippen LogP contribution in [0.4, 0.5) is 0 Å². The van der Waals surface area contributed by atoms with Crippen LogP contribution in [-0.2, 0) is 11.3 Å². The second-order valence-corrected chi connectivity index (χ2v) is 5.43. The first-order valence-electron chi connectivity index (χ1n) is 7.30. The van der Waals surface area contributed by atoms with E-state index in [4.69, 9.17) is 9.15 Å². The van der Waals surface area contributed by atoms with Gasteiger partial charge in [-0.1, -0.05) is 6.42 Å². The fourth-order valence-electron chi connectivity index (χ4n) is 2.59. The Balaban J connectivity index is 1.80. The number of amides is 1. The maximum Gasteiger partial charge on any atom is 0.287 e. The highest BCUT2D eigenvalue weighted by molar-refractivity contribution is 5.91. The zero-order valence-electron chi connectivity index (χ0n) is 12.4. The molecule has 5 heteroatoms. The molecular weight excluding hydrogens is 256 g/mol. The normalized spacial score (nSPS) is 17.9. The number of hydrogen-bond acceptors (Lipinski definition) is 4. The average Bonchev–Trinajstić information content (AvgIpc) is 2.89. The average molecular weight is 280 g/mol. The Morgan fingerprint density at radius 3 is 2.85 bits per heavy atom. The molecule has 1 fully saturated rings. The van der Waals surface area contributed by atoms with Gasteiger partial charge in [0.15, 0.2) is 5.76 Å². The molecule has 0 bridgehead atoms. The highest BCUT2D eigenvalue weighted by atomic mass is 16.5. The molecular formula is C15H24N2O3. The van der Waals surface area contributed by atoms with Gasteiger partial charge in [-0.25, -0.2) is 0 Å². The topological polar surface area (TPSA) is 54.7 Å². The van der Waals surface area contributed by atoms with Gasteiger partial charge in [-0.15, -0.1) is 0 Å². The lowest BCUT2D eigenvalue weighted by Gasteiger charge is -2.29. The zero-order valence-corrected chi connectivity index (χ0v) is 12.4. The Bertz CT molecular complexity index is 425. The van der Waals surface area contributed by atoms with Crippen LogP contribution in [0.5, 0.6) is 0 Å². The van der Waals surface area contributed by atoms with E-state index in [-0.39, 0.29) is 11.9 Å². The van der Waals surface area contributed by atoms with Crippen LogP contribution in [0.2, 0.25) is 0 Å². The minimum atomic E-state index is -0.156. The molecule has 1 aromatic rings. The molecule has 1 N–H and O–H groups in total. The smallest absolute Gasteiger partial charge is 0.287 e. The summed E-state index contributed by atoms with van der Waals surface area (Å²) in [7, 11) is 1.60. The van der Waals surface area contributed by atoms with Crippen LogP contribution in [0, 0.1) is 0 Å². The molecule has 5 nitrogen and oxygen atoms in total. The van der Waals surface area contributed by atoms with Crippen molar-refractivity contribution in [2.45, 2.75) is 38.8 Å². The number of likely N-dealkylation sites (tertiary alicyclic amines) is 1. The summed E-state index contributed by atoms with van der Waals surface area (Å²) >= 11 is 0. The van der Waals surface area contributed by atoms with E-state index in [1.54, 1.807) is 19.2 Å². The van der Waals surface area contributed by atoms with Crippen molar-refractivity contribution in [3.63, 3.8) is 0 Å². The first-order valence-corrected chi connectivity index (χ1v) is 7.30. The van der Waals surface area contributed by atoms with Gasteiger partial charge in [-0.3, -0.25) is 4.79 Å². The van der Waals surface area contributed by atoms with E-state index in [0.717, 1.165) is 19.6 Å². The molecule has 0 radical (unpaired) electrons. The second-order valence-electron chi connectivity index (χ2n) is 5.43. The summed E-state index contributed by atoms with van der Waals surface area (Å²) in [6.45, 7) is 5.59. The standard InChI is InChI=1S/C15H24N2O3/c1-12(10-17-8-4-3-5-9-17)16-15(18)14-7-6-13(20-14)11-19-2/h6-7,12H,3-5,8-11H2,1-2H3,(H,16,18)/t12-/m1/s1. The molecule has 1 saturated heterocycles. The van der Waals surface area contributed by atoms with Crippen LogP contribution in [0.3, 0.4) is 0 Å². The molecule has 1 aliphatic rings. The van der Waals surface area contributed by atoms with E-state index in [1.807, 2.05) is 6.92 Å². The summed E-state index contributed by atoms with van der Waals surface area (Å²) in [6.07, 6.45) is 3.85. The van der Waals surface area contributed by atoms with Crippen LogP contribution in [-0.4, -0.2) is 43.6 Å². The van der Waals surface area contributed by atoms with Gasteiger partial charge in [0.05, 0.1) is 0 Å². The highest BCUT2D eigenvalue weighted by Crippen LogP contribution is 2.11. The van der Waals surface area contributed by atoms with Gasteiger partial charge in [0.1, 0.15) is 12.4 Å². The number of nitrogens with one attached hydrogen (secondary N) is 1. The SMILES string of the molecule is COCc1ccc(C(=O)N[C@H](C)CN2CCCCC2)o1. The Morgan fingerprint density at radius 1 is 1.40 bits per heavy atom. The van der Waals surface area contributed by atoms with E-state index >= 15 is 0 Å². The number of furan rings is 1. The summed E-state index contributed by atoms with van der Waals surface area (Å²) in [4.78, 5) is 14.5. The summed E-state index contributed by atoms with van der Waals surface area (Å²) in [6, 6.07) is 3.59. The Labute approximate surface area is 120 Å². The number of methoxy groups -OCH3 is 1. The predicted molar refractivity (Wildman–Crippen MR) is 76.6 cm³/mol. The maximum absolute atomic E-state index is 12.1. The van der Waals surface area contributed by atoms with Crippen molar-refractivity contribution in [2.75, 3.05) is 26.7 Å². The molecule has 1 aromatic heterocycles.